The van der Waals surface area contributed by atoms with Crippen molar-refractivity contribution in [1.29, 1.82) is 5.41 Å². The Morgan fingerprint density at radius 3 is 2.17 bits per heavy atom. The third kappa shape index (κ3) is 7.19. The number of ether oxygens (including phenoxy) is 2. The summed E-state index contributed by atoms with van der Waals surface area (Å²) >= 11 is 0. The van der Waals surface area contributed by atoms with E-state index in [2.05, 4.69) is 17.0 Å². The van der Waals surface area contributed by atoms with Crippen LogP contribution in [0.4, 0.5) is 0 Å². The monoisotopic (exact) mass is 492 g/mol. The molecule has 1 fully saturated rings. The lowest BCUT2D eigenvalue weighted by Gasteiger charge is -2.34. The Balaban J connectivity index is 0.000000840. The summed E-state index contributed by atoms with van der Waals surface area (Å²) in [5.74, 6) is 0.822. The smallest absolute Gasteiger partial charge is 0.300 e. The second kappa shape index (κ2) is 12.0. The van der Waals surface area contributed by atoms with Crippen LogP contribution in [-0.4, -0.2) is 66.5 Å². The fraction of sp³-hybridized carbons (Fsp3) is 0.296. The first kappa shape index (κ1) is 26.5. The van der Waals surface area contributed by atoms with Crippen molar-refractivity contribution in [2.45, 2.75) is 20.0 Å². The maximum atomic E-state index is 12.8. The van der Waals surface area contributed by atoms with E-state index in [4.69, 9.17) is 30.5 Å². The second-order valence-corrected chi connectivity index (χ2v) is 8.58. The van der Waals surface area contributed by atoms with Crippen LogP contribution in [0.25, 0.3) is 10.8 Å². The van der Waals surface area contributed by atoms with Gasteiger partial charge in [0.2, 0.25) is 5.91 Å². The van der Waals surface area contributed by atoms with Gasteiger partial charge in [-0.05, 0) is 46.2 Å². The number of carbonyl (C=O) groups is 2. The van der Waals surface area contributed by atoms with Crippen LogP contribution in [0.5, 0.6) is 11.5 Å². The number of fused-ring (bicyclic) bond motifs is 1. The molecule has 9 heteroatoms. The van der Waals surface area contributed by atoms with Gasteiger partial charge in [0.25, 0.3) is 5.97 Å². The highest BCUT2D eigenvalue weighted by molar-refractivity contribution is 5.99. The number of aliphatic carboxylic acids is 1. The molecule has 0 radical (unpaired) electrons. The molecule has 0 bridgehead atoms. The number of hydrogen-bond donors (Lipinski definition) is 3. The van der Waals surface area contributed by atoms with E-state index in [1.54, 1.807) is 14.2 Å². The Labute approximate surface area is 210 Å². The molecule has 3 aromatic rings. The zero-order chi connectivity index (χ0) is 26.2. The first-order valence-electron chi connectivity index (χ1n) is 11.5. The fourth-order valence-electron chi connectivity index (χ4n) is 4.06. The van der Waals surface area contributed by atoms with Gasteiger partial charge in [-0.1, -0.05) is 24.3 Å². The third-order valence-corrected chi connectivity index (χ3v) is 5.80. The lowest BCUT2D eigenvalue weighted by molar-refractivity contribution is -0.137. The summed E-state index contributed by atoms with van der Waals surface area (Å²) in [6, 6.07) is 17.7. The summed E-state index contributed by atoms with van der Waals surface area (Å²) in [5.41, 5.74) is 8.45. The quantitative estimate of drug-likeness (QED) is 0.341. The number of hydrogen-bond acceptors (Lipinski definition) is 6. The Morgan fingerprint density at radius 2 is 1.58 bits per heavy atom. The highest BCUT2D eigenvalue weighted by Gasteiger charge is 2.24. The van der Waals surface area contributed by atoms with Crippen molar-refractivity contribution in [1.82, 2.24) is 9.80 Å². The summed E-state index contributed by atoms with van der Waals surface area (Å²) < 4.78 is 10.7. The molecule has 36 heavy (non-hydrogen) atoms. The number of amides is 1. The number of nitrogen functional groups attached to an aromatic ring is 1. The number of nitrogens with one attached hydrogen (secondary N) is 1. The normalized spacial score (nSPS) is 13.6. The molecule has 1 saturated heterocycles. The van der Waals surface area contributed by atoms with Crippen molar-refractivity contribution in [3.63, 3.8) is 0 Å². The molecule has 0 aromatic heterocycles. The molecule has 4 N–H and O–H groups in total. The second-order valence-electron chi connectivity index (χ2n) is 8.58. The third-order valence-electron chi connectivity index (χ3n) is 5.80. The van der Waals surface area contributed by atoms with Gasteiger partial charge in [-0.25, -0.2) is 0 Å². The summed E-state index contributed by atoms with van der Waals surface area (Å²) in [7, 11) is 3.27. The van der Waals surface area contributed by atoms with Gasteiger partial charge in [-0.3, -0.25) is 19.9 Å². The van der Waals surface area contributed by atoms with E-state index in [-0.39, 0.29) is 11.7 Å². The largest absolute Gasteiger partial charge is 0.497 e. The molecular formula is C27H32N4O5. The molecule has 9 nitrogen and oxygen atoms in total. The summed E-state index contributed by atoms with van der Waals surface area (Å²) in [4.78, 5) is 25.9. The standard InChI is InChI=1S/C25H28N4O3.C2H4O2/c1-31-22-10-18(11-23(13-22)32-2)14-28-7-8-29(24(30)16-28)15-17-3-4-19-5-6-20(25(26)27)12-21(19)9-17;1-2(3)4/h3-6,9-13H,7-8,14-16H2,1-2H3,(H3,26,27);1H3,(H,3,4). The summed E-state index contributed by atoms with van der Waals surface area (Å²) in [5, 5.41) is 17.2. The number of piperazine rings is 1. The zero-order valence-corrected chi connectivity index (χ0v) is 20.8. The minimum Gasteiger partial charge on any atom is -0.497 e. The van der Waals surface area contributed by atoms with Gasteiger partial charge in [-0.2, -0.15) is 0 Å². The van der Waals surface area contributed by atoms with Crippen LogP contribution in [0.2, 0.25) is 0 Å². The SMILES string of the molecule is CC(=O)O.COc1cc(CN2CCN(Cc3ccc4ccc(C(=N)N)cc4c3)C(=O)C2)cc(OC)c1. The Bertz CT molecular complexity index is 1230. The van der Waals surface area contributed by atoms with E-state index in [1.807, 2.05) is 47.4 Å². The number of nitrogens with zero attached hydrogens (tertiary/aromatic N) is 2. The number of rotatable bonds is 7. The van der Waals surface area contributed by atoms with E-state index < -0.39 is 5.97 Å². The average molecular weight is 493 g/mol. The lowest BCUT2D eigenvalue weighted by atomic mass is 10.0. The van der Waals surface area contributed by atoms with Crippen molar-refractivity contribution in [2.24, 2.45) is 5.73 Å². The van der Waals surface area contributed by atoms with Crippen LogP contribution < -0.4 is 15.2 Å². The molecule has 190 valence electrons. The topological polar surface area (TPSA) is 129 Å². The van der Waals surface area contributed by atoms with E-state index >= 15 is 0 Å². The summed E-state index contributed by atoms with van der Waals surface area (Å²) in [6.07, 6.45) is 0. The van der Waals surface area contributed by atoms with Gasteiger partial charge in [0.05, 0.1) is 20.8 Å². The Hall–Kier alpha value is -4.11. The zero-order valence-electron chi connectivity index (χ0n) is 20.8. The van der Waals surface area contributed by atoms with E-state index in [0.29, 0.717) is 31.7 Å². The van der Waals surface area contributed by atoms with Crippen molar-refractivity contribution >= 4 is 28.5 Å². The number of carboxylic acids is 1. The van der Waals surface area contributed by atoms with Gasteiger partial charge in [0, 0.05) is 44.7 Å². The average Bonchev–Trinajstić information content (AvgIpc) is 2.84. The molecule has 4 rings (SSSR count). The molecule has 3 aromatic carbocycles. The van der Waals surface area contributed by atoms with E-state index in [9.17, 15) is 4.79 Å². The van der Waals surface area contributed by atoms with Crippen LogP contribution >= 0.6 is 0 Å². The van der Waals surface area contributed by atoms with Gasteiger partial charge in [0.1, 0.15) is 17.3 Å². The first-order chi connectivity index (χ1) is 17.2. The molecule has 1 aliphatic heterocycles. The molecule has 1 aliphatic rings. The minimum absolute atomic E-state index is 0.0530. The van der Waals surface area contributed by atoms with Gasteiger partial charge >= 0.3 is 0 Å². The molecule has 0 atom stereocenters. The molecule has 1 amide bonds. The van der Waals surface area contributed by atoms with E-state index in [0.717, 1.165) is 46.9 Å². The van der Waals surface area contributed by atoms with E-state index in [1.165, 1.54) is 0 Å². The number of amidine groups is 1. The highest BCUT2D eigenvalue weighted by atomic mass is 16.5. The summed E-state index contributed by atoms with van der Waals surface area (Å²) in [6.45, 7) is 4.16. The van der Waals surface area contributed by atoms with Crippen molar-refractivity contribution in [3.05, 3.63) is 71.3 Å². The maximum absolute atomic E-state index is 12.8. The van der Waals surface area contributed by atoms with Gasteiger partial charge < -0.3 is 25.2 Å². The Kier molecular flexibility index (Phi) is 8.86. The molecule has 0 unspecified atom stereocenters. The molecule has 0 saturated carbocycles. The maximum Gasteiger partial charge on any atom is 0.300 e. The predicted octanol–water partition coefficient (Wildman–Crippen LogP) is 3.08. The van der Waals surface area contributed by atoms with Gasteiger partial charge in [0.15, 0.2) is 0 Å². The van der Waals surface area contributed by atoms with Crippen LogP contribution in [0, 0.1) is 5.41 Å². The lowest BCUT2D eigenvalue weighted by Crippen LogP contribution is -2.49. The number of methoxy groups -OCH3 is 2. The number of nitrogens with two attached hydrogens (primary N) is 1. The van der Waals surface area contributed by atoms with Gasteiger partial charge in [-0.15, -0.1) is 0 Å². The van der Waals surface area contributed by atoms with Crippen molar-refractivity contribution in [3.8, 4) is 11.5 Å². The van der Waals surface area contributed by atoms with Crippen LogP contribution in [0.1, 0.15) is 23.6 Å². The number of benzene rings is 3. The fourth-order valence-corrected chi connectivity index (χ4v) is 4.06. The number of carbonyl (C=O) groups excluding carboxylic acids is 1. The molecule has 1 heterocycles. The Morgan fingerprint density at radius 1 is 0.944 bits per heavy atom. The minimum atomic E-state index is -0.833. The molecular weight excluding hydrogens is 460 g/mol. The van der Waals surface area contributed by atoms with Crippen LogP contribution in [-0.2, 0) is 22.7 Å². The van der Waals surface area contributed by atoms with Crippen molar-refractivity contribution < 1.29 is 24.2 Å². The highest BCUT2D eigenvalue weighted by Crippen LogP contribution is 2.24. The van der Waals surface area contributed by atoms with Crippen molar-refractivity contribution in [2.75, 3.05) is 33.9 Å². The van der Waals surface area contributed by atoms with Crippen LogP contribution in [0.15, 0.2) is 54.6 Å². The molecule has 0 spiro atoms. The molecule has 0 aliphatic carbocycles. The first-order valence-corrected chi connectivity index (χ1v) is 11.5. The predicted molar refractivity (Wildman–Crippen MR) is 139 cm³/mol. The van der Waals surface area contributed by atoms with Crippen LogP contribution in [0.3, 0.4) is 0 Å². The number of carboxylic acid groups (broad SMARTS) is 1.